The van der Waals surface area contributed by atoms with Crippen molar-refractivity contribution >= 4 is 41.0 Å². The van der Waals surface area contributed by atoms with E-state index in [1.54, 1.807) is 35.0 Å². The molecule has 0 atom stereocenters. The first-order chi connectivity index (χ1) is 6.35. The summed E-state index contributed by atoms with van der Waals surface area (Å²) in [7, 11) is 0. The summed E-state index contributed by atoms with van der Waals surface area (Å²) in [5.74, 6) is 0. The van der Waals surface area contributed by atoms with Crippen molar-refractivity contribution in [3.05, 3.63) is 0 Å². The molecule has 3 fully saturated rings. The fourth-order valence-electron chi connectivity index (χ4n) is 2.94. The van der Waals surface area contributed by atoms with Crippen LogP contribution in [0.4, 0.5) is 0 Å². The quantitative estimate of drug-likeness (QED) is 0.372. The third-order valence-electron chi connectivity index (χ3n) is 3.83. The van der Waals surface area contributed by atoms with E-state index in [9.17, 15) is 0 Å². The van der Waals surface area contributed by atoms with E-state index in [1.807, 2.05) is 0 Å². The molecule has 0 aliphatic carbocycles. The number of alkyl halides is 1. The molecule has 0 saturated carbocycles. The van der Waals surface area contributed by atoms with Gasteiger partial charge in [-0.1, -0.05) is 0 Å². The van der Waals surface area contributed by atoms with Gasteiger partial charge in [-0.15, -0.1) is 0 Å². The van der Waals surface area contributed by atoms with E-state index in [0.717, 1.165) is 0 Å². The number of hydrogen-bond donors (Lipinski definition) is 0. The maximum absolute atomic E-state index is 2.71. The van der Waals surface area contributed by atoms with Gasteiger partial charge >= 0.3 is 101 Å². The summed E-state index contributed by atoms with van der Waals surface area (Å²) in [6.07, 6.45) is 4.62. The van der Waals surface area contributed by atoms with E-state index in [0.29, 0.717) is 0 Å². The Morgan fingerprint density at radius 1 is 0.923 bits per heavy atom. The van der Waals surface area contributed by atoms with Crippen LogP contribution in [0.25, 0.3) is 0 Å². The third kappa shape index (κ3) is 2.74. The number of rotatable bonds is 1. The van der Waals surface area contributed by atoms with Crippen LogP contribution in [0.5, 0.6) is 0 Å². The summed E-state index contributed by atoms with van der Waals surface area (Å²) in [5.41, 5.74) is 0. The summed E-state index contributed by atoms with van der Waals surface area (Å²) < 4.78 is 6.71. The van der Waals surface area contributed by atoms with Gasteiger partial charge in [-0.2, -0.15) is 0 Å². The van der Waals surface area contributed by atoms with Gasteiger partial charge in [0.25, 0.3) is 0 Å². The van der Waals surface area contributed by atoms with Gasteiger partial charge in [0.2, 0.25) is 0 Å². The second kappa shape index (κ2) is 5.01. The molecule has 3 heteroatoms. The van der Waals surface area contributed by atoms with Crippen LogP contribution in [-0.2, 0) is 0 Å². The maximum atomic E-state index is 2.71. The Kier molecular flexibility index (Phi) is 4.24. The van der Waals surface area contributed by atoms with Gasteiger partial charge in [0.15, 0.2) is 0 Å². The molecule has 0 aromatic rings. The standard InChI is InChI=1S/C9H18N.CH2I.Sn/c1-4-7-10(8-5-2)9-6-3;1-2;/h1-9H2;1H2;. The van der Waals surface area contributed by atoms with Crippen molar-refractivity contribution in [3.8, 4) is 0 Å². The molecule has 0 unspecified atom stereocenters. The number of hydrogen-bond acceptors (Lipinski definition) is 1. The molecule has 3 aliphatic heterocycles. The van der Waals surface area contributed by atoms with E-state index >= 15 is 0 Å². The molecule has 3 heterocycles. The molecule has 0 amide bonds. The molecule has 0 radical (unpaired) electrons. The van der Waals surface area contributed by atoms with E-state index in [-0.39, 0.29) is 0 Å². The van der Waals surface area contributed by atoms with Crippen molar-refractivity contribution in [1.82, 2.24) is 4.90 Å². The van der Waals surface area contributed by atoms with Crippen LogP contribution in [0.2, 0.25) is 13.3 Å². The fourth-order valence-corrected chi connectivity index (χ4v) is 21.7. The summed E-state index contributed by atoms with van der Waals surface area (Å²) in [6.45, 7) is 4.28. The van der Waals surface area contributed by atoms with E-state index in [2.05, 4.69) is 27.5 Å². The first-order valence-electron chi connectivity index (χ1n) is 5.63. The van der Waals surface area contributed by atoms with Crippen molar-refractivity contribution in [2.24, 2.45) is 0 Å². The number of fused-ring (bicyclic) bond motifs is 6. The van der Waals surface area contributed by atoms with Crippen molar-refractivity contribution in [2.75, 3.05) is 22.1 Å². The molecular weight excluding hydrogens is 380 g/mol. The van der Waals surface area contributed by atoms with Crippen molar-refractivity contribution in [2.45, 2.75) is 32.6 Å². The van der Waals surface area contributed by atoms with Gasteiger partial charge in [-0.3, -0.25) is 0 Å². The van der Waals surface area contributed by atoms with Gasteiger partial charge in [-0.25, -0.2) is 0 Å². The second-order valence-corrected chi connectivity index (χ2v) is 23.5. The minimum absolute atomic E-state index is 1.43. The predicted molar refractivity (Wildman–Crippen MR) is 69.4 cm³/mol. The van der Waals surface area contributed by atoms with E-state index < -0.39 is 18.4 Å². The molecule has 0 aromatic heterocycles. The molecule has 0 aromatic carbocycles. The summed E-state index contributed by atoms with van der Waals surface area (Å²) in [5, 5.41) is 0. The Balaban J connectivity index is 2.07. The van der Waals surface area contributed by atoms with Gasteiger partial charge < -0.3 is 0 Å². The Labute approximate surface area is 99.7 Å². The van der Waals surface area contributed by atoms with Gasteiger partial charge in [0.1, 0.15) is 0 Å². The molecular formula is C10H20INSn. The normalized spacial score (nSPS) is 40.8. The summed E-state index contributed by atoms with van der Waals surface area (Å²) in [4.78, 5) is 2.71. The zero-order valence-electron chi connectivity index (χ0n) is 8.40. The summed E-state index contributed by atoms with van der Waals surface area (Å²) >= 11 is 1.21. The van der Waals surface area contributed by atoms with Crippen LogP contribution in [-0.4, -0.2) is 45.4 Å². The monoisotopic (exact) mass is 401 g/mol. The molecule has 0 N–H and O–H groups in total. The molecule has 1 nitrogen and oxygen atoms in total. The topological polar surface area (TPSA) is 3.24 Å². The number of halogens is 1. The zero-order chi connectivity index (χ0) is 9.15. The first-order valence-corrected chi connectivity index (χ1v) is 15.2. The molecule has 0 spiro atoms. The number of nitrogens with zero attached hydrogens (tertiary/aromatic N) is 1. The van der Waals surface area contributed by atoms with E-state index in [1.165, 1.54) is 19.6 Å². The first kappa shape index (κ1) is 11.0. The Morgan fingerprint density at radius 3 is 1.77 bits per heavy atom. The Bertz CT molecular complexity index is 148. The Morgan fingerprint density at radius 2 is 1.38 bits per heavy atom. The van der Waals surface area contributed by atoms with Crippen molar-refractivity contribution in [1.29, 1.82) is 0 Å². The molecule has 3 aliphatic rings. The predicted octanol–water partition coefficient (Wildman–Crippen LogP) is 2.91. The molecule has 76 valence electrons. The van der Waals surface area contributed by atoms with Crippen LogP contribution in [0, 0.1) is 0 Å². The molecule has 2 bridgehead atoms. The molecule has 3 rings (SSSR count). The van der Waals surface area contributed by atoms with Gasteiger partial charge in [0.05, 0.1) is 0 Å². The van der Waals surface area contributed by atoms with Crippen LogP contribution in [0.1, 0.15) is 19.3 Å². The Hall–Kier alpha value is 1.49. The average Bonchev–Trinajstić information content (AvgIpc) is 2.01. The summed E-state index contributed by atoms with van der Waals surface area (Å²) in [6, 6.07) is 0. The van der Waals surface area contributed by atoms with Gasteiger partial charge in [0, 0.05) is 0 Å². The SMILES string of the molecule is I[CH2][Sn]12[CH2]CCN(CC[CH2]1)CC[CH2]2. The van der Waals surface area contributed by atoms with Gasteiger partial charge in [-0.05, 0) is 0 Å². The van der Waals surface area contributed by atoms with E-state index in [4.69, 9.17) is 0 Å². The zero-order valence-corrected chi connectivity index (χ0v) is 13.4. The van der Waals surface area contributed by atoms with Crippen LogP contribution in [0.15, 0.2) is 0 Å². The molecule has 13 heavy (non-hydrogen) atoms. The van der Waals surface area contributed by atoms with Crippen LogP contribution < -0.4 is 0 Å². The molecule has 3 saturated heterocycles. The second-order valence-electron chi connectivity index (χ2n) is 4.79. The van der Waals surface area contributed by atoms with Crippen LogP contribution >= 0.6 is 22.6 Å². The van der Waals surface area contributed by atoms with Crippen molar-refractivity contribution in [3.63, 3.8) is 0 Å². The van der Waals surface area contributed by atoms with Crippen LogP contribution in [0.3, 0.4) is 0 Å². The fraction of sp³-hybridized carbons (Fsp3) is 1.00. The third-order valence-corrected chi connectivity index (χ3v) is 28.4. The minimum atomic E-state index is -1.50. The average molecular weight is 400 g/mol. The van der Waals surface area contributed by atoms with Crippen molar-refractivity contribution < 1.29 is 0 Å².